The number of methoxy groups -OCH3 is 2. The summed E-state index contributed by atoms with van der Waals surface area (Å²) >= 11 is 6.02. The third-order valence-corrected chi connectivity index (χ3v) is 3.70. The van der Waals surface area contributed by atoms with Gasteiger partial charge in [-0.25, -0.2) is 0 Å². The topological polar surface area (TPSA) is 109 Å². The lowest BCUT2D eigenvalue weighted by Crippen LogP contribution is -2.15. The Kier molecular flexibility index (Phi) is 6.31. The lowest BCUT2D eigenvalue weighted by atomic mass is 10.2. The number of benzene rings is 2. The van der Waals surface area contributed by atoms with Gasteiger partial charge in [0.1, 0.15) is 23.1 Å². The monoisotopic (exact) mass is 372 g/mol. The predicted molar refractivity (Wildman–Crippen MR) is 101 cm³/mol. The van der Waals surface area contributed by atoms with Gasteiger partial charge in [0.05, 0.1) is 30.6 Å². The van der Waals surface area contributed by atoms with Crippen LogP contribution < -0.4 is 25.8 Å². The molecule has 26 heavy (non-hydrogen) atoms. The number of anilines is 3. The molecule has 0 spiro atoms. The second-order valence-electron chi connectivity index (χ2n) is 5.07. The molecule has 0 saturated carbocycles. The molecule has 8 heteroatoms. The molecule has 2 aromatic rings. The molecular formula is C18H17ClN4O3. The lowest BCUT2D eigenvalue weighted by molar-refractivity contribution is -0.112. The van der Waals surface area contributed by atoms with Crippen LogP contribution in [0.4, 0.5) is 17.1 Å². The standard InChI is InChI=1S/C18H17ClN4O3/c1-25-13-4-6-17(26-2)16(8-13)22-10-11(9-20)18(24)23-15-5-3-12(21)7-14(15)19/h3-8,10,22H,21H2,1-2H3,(H,23,24)/b11-10-. The molecule has 0 aliphatic carbocycles. The molecule has 0 heterocycles. The van der Waals surface area contributed by atoms with Crippen LogP contribution in [0.15, 0.2) is 48.2 Å². The van der Waals surface area contributed by atoms with E-state index in [2.05, 4.69) is 10.6 Å². The second kappa shape index (κ2) is 8.65. The van der Waals surface area contributed by atoms with Crippen LogP contribution in [-0.4, -0.2) is 20.1 Å². The van der Waals surface area contributed by atoms with Crippen molar-refractivity contribution in [1.29, 1.82) is 5.26 Å². The molecule has 0 aromatic heterocycles. The zero-order valence-corrected chi connectivity index (χ0v) is 14.9. The maximum Gasteiger partial charge on any atom is 0.267 e. The summed E-state index contributed by atoms with van der Waals surface area (Å²) in [6.45, 7) is 0. The average molecular weight is 373 g/mol. The quantitative estimate of drug-likeness (QED) is 0.407. The van der Waals surface area contributed by atoms with Crippen LogP contribution in [0.3, 0.4) is 0 Å². The molecule has 0 aliphatic rings. The molecule has 0 fully saturated rings. The Morgan fingerprint density at radius 3 is 2.58 bits per heavy atom. The molecule has 134 valence electrons. The maximum absolute atomic E-state index is 12.3. The minimum absolute atomic E-state index is 0.150. The summed E-state index contributed by atoms with van der Waals surface area (Å²) in [4.78, 5) is 12.3. The molecule has 0 unspecified atom stereocenters. The SMILES string of the molecule is COc1ccc(OC)c(N/C=C(/C#N)C(=O)Nc2ccc(N)cc2Cl)c1. The number of nitrogens with zero attached hydrogens (tertiary/aromatic N) is 1. The Morgan fingerprint density at radius 1 is 1.19 bits per heavy atom. The minimum atomic E-state index is -0.617. The predicted octanol–water partition coefficient (Wildman–Crippen LogP) is 3.40. The summed E-state index contributed by atoms with van der Waals surface area (Å²) in [5, 5.41) is 15.0. The van der Waals surface area contributed by atoms with Gasteiger partial charge in [0.15, 0.2) is 0 Å². The molecule has 0 aliphatic heterocycles. The number of amides is 1. The van der Waals surface area contributed by atoms with Crippen molar-refractivity contribution < 1.29 is 14.3 Å². The van der Waals surface area contributed by atoms with Crippen LogP contribution >= 0.6 is 11.6 Å². The summed E-state index contributed by atoms with van der Waals surface area (Å²) in [7, 11) is 3.05. The zero-order valence-electron chi connectivity index (χ0n) is 14.2. The lowest BCUT2D eigenvalue weighted by Gasteiger charge is -2.11. The Labute approximate surface area is 156 Å². The molecule has 4 N–H and O–H groups in total. The Bertz CT molecular complexity index is 890. The number of nitriles is 1. The molecule has 7 nitrogen and oxygen atoms in total. The number of nitrogens with two attached hydrogens (primary N) is 1. The molecule has 1 amide bonds. The first-order valence-corrected chi connectivity index (χ1v) is 7.81. The number of halogens is 1. The molecular weight excluding hydrogens is 356 g/mol. The van der Waals surface area contributed by atoms with Crippen molar-refractivity contribution >= 4 is 34.6 Å². The Balaban J connectivity index is 2.20. The normalized spacial score (nSPS) is 10.6. The van der Waals surface area contributed by atoms with Gasteiger partial charge in [0, 0.05) is 18.0 Å². The molecule has 0 saturated heterocycles. The van der Waals surface area contributed by atoms with Crippen LogP contribution in [0.25, 0.3) is 0 Å². The van der Waals surface area contributed by atoms with E-state index in [1.54, 1.807) is 30.3 Å². The number of nitrogens with one attached hydrogen (secondary N) is 2. The van der Waals surface area contributed by atoms with Crippen LogP contribution in [0, 0.1) is 11.3 Å². The van der Waals surface area contributed by atoms with Crippen molar-refractivity contribution in [2.75, 3.05) is 30.6 Å². The van der Waals surface area contributed by atoms with E-state index in [0.717, 1.165) is 0 Å². The van der Waals surface area contributed by atoms with E-state index < -0.39 is 5.91 Å². The first-order chi connectivity index (χ1) is 12.5. The van der Waals surface area contributed by atoms with Crippen molar-refractivity contribution in [3.63, 3.8) is 0 Å². The third kappa shape index (κ3) is 4.59. The fraction of sp³-hybridized carbons (Fsp3) is 0.111. The van der Waals surface area contributed by atoms with Crippen molar-refractivity contribution in [2.24, 2.45) is 0 Å². The molecule has 2 rings (SSSR count). The summed E-state index contributed by atoms with van der Waals surface area (Å²) in [5.41, 5.74) is 6.83. The van der Waals surface area contributed by atoms with Crippen molar-refractivity contribution in [3.05, 3.63) is 53.2 Å². The smallest absolute Gasteiger partial charge is 0.267 e. The van der Waals surface area contributed by atoms with E-state index in [1.165, 1.54) is 26.5 Å². The number of hydrogen-bond acceptors (Lipinski definition) is 6. The third-order valence-electron chi connectivity index (χ3n) is 3.39. The minimum Gasteiger partial charge on any atom is -0.497 e. The second-order valence-corrected chi connectivity index (χ2v) is 5.48. The van der Waals surface area contributed by atoms with Gasteiger partial charge in [0.25, 0.3) is 5.91 Å². The summed E-state index contributed by atoms with van der Waals surface area (Å²) < 4.78 is 10.4. The number of carbonyl (C=O) groups is 1. The number of nitrogen functional groups attached to an aromatic ring is 1. The van der Waals surface area contributed by atoms with E-state index in [0.29, 0.717) is 28.6 Å². The summed E-state index contributed by atoms with van der Waals surface area (Å²) in [6, 6.07) is 11.6. The molecule has 0 atom stereocenters. The van der Waals surface area contributed by atoms with Crippen molar-refractivity contribution in [1.82, 2.24) is 0 Å². The van der Waals surface area contributed by atoms with Crippen molar-refractivity contribution in [2.45, 2.75) is 0 Å². The molecule has 0 bridgehead atoms. The van der Waals surface area contributed by atoms with Gasteiger partial charge in [0.2, 0.25) is 0 Å². The average Bonchev–Trinajstić information content (AvgIpc) is 2.64. The van der Waals surface area contributed by atoms with Crippen LogP contribution in [-0.2, 0) is 4.79 Å². The Hall–Kier alpha value is -3.37. The molecule has 2 aromatic carbocycles. The van der Waals surface area contributed by atoms with Crippen LogP contribution in [0.2, 0.25) is 5.02 Å². The first kappa shape index (κ1) is 19.0. The van der Waals surface area contributed by atoms with Gasteiger partial charge < -0.3 is 25.8 Å². The van der Waals surface area contributed by atoms with Gasteiger partial charge in [-0.15, -0.1) is 0 Å². The van der Waals surface area contributed by atoms with E-state index in [4.69, 9.17) is 26.8 Å². The van der Waals surface area contributed by atoms with E-state index in [1.807, 2.05) is 6.07 Å². The fourth-order valence-corrected chi connectivity index (χ4v) is 2.28. The van der Waals surface area contributed by atoms with Gasteiger partial charge in [-0.3, -0.25) is 4.79 Å². The first-order valence-electron chi connectivity index (χ1n) is 7.43. The fourth-order valence-electron chi connectivity index (χ4n) is 2.05. The summed E-state index contributed by atoms with van der Waals surface area (Å²) in [5.74, 6) is 0.508. The van der Waals surface area contributed by atoms with Gasteiger partial charge in [-0.2, -0.15) is 5.26 Å². The highest BCUT2D eigenvalue weighted by Gasteiger charge is 2.12. The zero-order chi connectivity index (χ0) is 19.1. The van der Waals surface area contributed by atoms with Gasteiger partial charge in [-0.05, 0) is 30.3 Å². The van der Waals surface area contributed by atoms with Crippen LogP contribution in [0.1, 0.15) is 0 Å². The number of hydrogen-bond donors (Lipinski definition) is 3. The highest BCUT2D eigenvalue weighted by molar-refractivity contribution is 6.34. The highest BCUT2D eigenvalue weighted by atomic mass is 35.5. The van der Waals surface area contributed by atoms with E-state index in [-0.39, 0.29) is 10.6 Å². The molecule has 0 radical (unpaired) electrons. The van der Waals surface area contributed by atoms with Crippen LogP contribution in [0.5, 0.6) is 11.5 Å². The highest BCUT2D eigenvalue weighted by Crippen LogP contribution is 2.29. The van der Waals surface area contributed by atoms with Gasteiger partial charge in [-0.1, -0.05) is 11.6 Å². The maximum atomic E-state index is 12.3. The number of rotatable bonds is 6. The Morgan fingerprint density at radius 2 is 1.96 bits per heavy atom. The number of carbonyl (C=O) groups excluding carboxylic acids is 1. The van der Waals surface area contributed by atoms with Gasteiger partial charge >= 0.3 is 0 Å². The van der Waals surface area contributed by atoms with Crippen molar-refractivity contribution in [3.8, 4) is 17.6 Å². The van der Waals surface area contributed by atoms with E-state index >= 15 is 0 Å². The van der Waals surface area contributed by atoms with E-state index in [9.17, 15) is 10.1 Å². The summed E-state index contributed by atoms with van der Waals surface area (Å²) in [6.07, 6.45) is 1.28. The largest absolute Gasteiger partial charge is 0.497 e. The number of ether oxygens (including phenoxy) is 2.